The molecule has 0 spiro atoms. The summed E-state index contributed by atoms with van der Waals surface area (Å²) in [5.41, 5.74) is 0.963. The Balaban J connectivity index is 0.000000343. The summed E-state index contributed by atoms with van der Waals surface area (Å²) in [6.45, 7) is 1.73. The van der Waals surface area contributed by atoms with Gasteiger partial charge in [0.05, 0.1) is 21.7 Å². The third-order valence-corrected chi connectivity index (χ3v) is 6.68. The highest BCUT2D eigenvalue weighted by molar-refractivity contribution is 7.85. The van der Waals surface area contributed by atoms with E-state index in [0.717, 1.165) is 29.7 Å². The van der Waals surface area contributed by atoms with E-state index in [9.17, 15) is 34.8 Å². The highest BCUT2D eigenvalue weighted by Gasteiger charge is 2.36. The number of anilines is 2. The fourth-order valence-corrected chi connectivity index (χ4v) is 4.33. The van der Waals surface area contributed by atoms with Gasteiger partial charge in [-0.1, -0.05) is 36.4 Å². The van der Waals surface area contributed by atoms with Gasteiger partial charge in [0, 0.05) is 28.9 Å². The predicted molar refractivity (Wildman–Crippen MR) is 143 cm³/mol. The molecule has 2 heterocycles. The lowest BCUT2D eigenvalue weighted by molar-refractivity contribution is -0.144. The Morgan fingerprint density at radius 3 is 2.02 bits per heavy atom. The first-order valence-corrected chi connectivity index (χ1v) is 13.3. The Labute approximate surface area is 235 Å². The number of fused-ring (bicyclic) bond motifs is 1. The minimum absolute atomic E-state index is 0.00629. The molecule has 2 N–H and O–H groups in total. The smallest absolute Gasteiger partial charge is 0.340 e. The maximum Gasteiger partial charge on any atom is 0.451 e. The van der Waals surface area contributed by atoms with Crippen molar-refractivity contribution in [3.8, 4) is 11.3 Å². The number of hydrogen-bond acceptors (Lipinski definition) is 6. The van der Waals surface area contributed by atoms with Gasteiger partial charge in [-0.25, -0.2) is 9.97 Å². The van der Waals surface area contributed by atoms with Gasteiger partial charge in [0.25, 0.3) is 10.1 Å². The Hall–Kier alpha value is -4.56. The average molecular weight is 607 g/mol. The number of rotatable bonds is 4. The summed E-state index contributed by atoms with van der Waals surface area (Å²) in [4.78, 5) is 11.4. The fraction of sp³-hybridized carbons (Fsp3) is 0.107. The molecule has 5 aromatic rings. The lowest BCUT2D eigenvalue weighted by atomic mass is 10.0. The maximum absolute atomic E-state index is 13.4. The summed E-state index contributed by atoms with van der Waals surface area (Å²) < 4.78 is 108. The third kappa shape index (κ3) is 7.39. The molecule has 0 saturated carbocycles. The van der Waals surface area contributed by atoms with Crippen molar-refractivity contribution >= 4 is 32.5 Å². The van der Waals surface area contributed by atoms with Gasteiger partial charge >= 0.3 is 12.4 Å². The molecule has 0 amide bonds. The van der Waals surface area contributed by atoms with E-state index in [1.165, 1.54) is 18.2 Å². The van der Waals surface area contributed by atoms with E-state index in [0.29, 0.717) is 16.6 Å². The number of halogens is 6. The van der Waals surface area contributed by atoms with E-state index in [-0.39, 0.29) is 22.1 Å². The van der Waals surface area contributed by atoms with Gasteiger partial charge in [0.15, 0.2) is 0 Å². The molecule has 0 saturated heterocycles. The molecule has 0 aliphatic heterocycles. The first kappa shape index (κ1) is 30.4. The Morgan fingerprint density at radius 2 is 1.45 bits per heavy atom. The van der Waals surface area contributed by atoms with Crippen molar-refractivity contribution in [2.45, 2.75) is 24.2 Å². The van der Waals surface area contributed by atoms with Crippen LogP contribution in [0.3, 0.4) is 0 Å². The van der Waals surface area contributed by atoms with Gasteiger partial charge in [-0.3, -0.25) is 9.54 Å². The van der Waals surface area contributed by atoms with Crippen molar-refractivity contribution in [1.29, 1.82) is 0 Å². The summed E-state index contributed by atoms with van der Waals surface area (Å²) in [7, 11) is -4.00. The molecule has 0 radical (unpaired) electrons. The van der Waals surface area contributed by atoms with E-state index in [2.05, 4.69) is 20.3 Å². The first-order valence-electron chi connectivity index (χ1n) is 11.9. The number of pyridine rings is 1. The maximum atomic E-state index is 13.4. The molecule has 218 valence electrons. The van der Waals surface area contributed by atoms with Crippen molar-refractivity contribution < 1.29 is 39.3 Å². The van der Waals surface area contributed by atoms with Crippen LogP contribution in [0.25, 0.3) is 22.2 Å². The SMILES string of the molecule is Cc1c(-c2cc(Nc3ccc(C(F)(F)F)cc3)nc(C(F)(F)F)n2)ccc2cccnc12.O=S(=O)(O)c1ccccc1. The van der Waals surface area contributed by atoms with E-state index in [1.807, 2.05) is 6.07 Å². The van der Waals surface area contributed by atoms with Crippen molar-refractivity contribution in [1.82, 2.24) is 15.0 Å². The van der Waals surface area contributed by atoms with Gasteiger partial charge in [0.1, 0.15) is 5.82 Å². The molecular formula is C28H20F6N4O3S. The highest BCUT2D eigenvalue weighted by Crippen LogP contribution is 2.34. The Bertz CT molecular complexity index is 1810. The third-order valence-electron chi connectivity index (χ3n) is 5.81. The monoisotopic (exact) mass is 606 g/mol. The molecule has 3 aromatic carbocycles. The number of nitrogens with one attached hydrogen (secondary N) is 1. The molecule has 0 unspecified atom stereocenters. The number of aryl methyl sites for hydroxylation is 1. The molecule has 14 heteroatoms. The topological polar surface area (TPSA) is 105 Å². The van der Waals surface area contributed by atoms with Crippen LogP contribution in [0.5, 0.6) is 0 Å². The van der Waals surface area contributed by atoms with E-state index < -0.39 is 33.9 Å². The predicted octanol–water partition coefficient (Wildman–Crippen LogP) is 7.71. The molecule has 0 atom stereocenters. The van der Waals surface area contributed by atoms with Crippen LogP contribution < -0.4 is 5.32 Å². The molecule has 42 heavy (non-hydrogen) atoms. The van der Waals surface area contributed by atoms with Crippen LogP contribution in [0.2, 0.25) is 0 Å². The molecule has 2 aromatic heterocycles. The van der Waals surface area contributed by atoms with Crippen LogP contribution in [-0.4, -0.2) is 27.9 Å². The van der Waals surface area contributed by atoms with Crippen LogP contribution in [0, 0.1) is 6.92 Å². The van der Waals surface area contributed by atoms with Gasteiger partial charge in [-0.2, -0.15) is 34.8 Å². The minimum atomic E-state index is -4.82. The van der Waals surface area contributed by atoms with Crippen LogP contribution in [0.1, 0.15) is 17.0 Å². The van der Waals surface area contributed by atoms with E-state index >= 15 is 0 Å². The number of alkyl halides is 6. The van der Waals surface area contributed by atoms with Crippen LogP contribution in [0.4, 0.5) is 37.8 Å². The van der Waals surface area contributed by atoms with Gasteiger partial charge < -0.3 is 5.32 Å². The summed E-state index contributed by atoms with van der Waals surface area (Å²) in [6.07, 6.45) is -7.76. The second-order valence-electron chi connectivity index (χ2n) is 8.76. The van der Waals surface area contributed by atoms with Gasteiger partial charge in [0.2, 0.25) is 5.82 Å². The largest absolute Gasteiger partial charge is 0.451 e. The molecule has 0 bridgehead atoms. The molecule has 7 nitrogen and oxygen atoms in total. The first-order chi connectivity index (χ1) is 19.6. The van der Waals surface area contributed by atoms with Gasteiger partial charge in [-0.15, -0.1) is 0 Å². The quantitative estimate of drug-likeness (QED) is 0.159. The molecule has 0 fully saturated rings. The van der Waals surface area contributed by atoms with Crippen molar-refractivity contribution in [3.05, 3.63) is 108 Å². The lowest BCUT2D eigenvalue weighted by Gasteiger charge is -2.14. The number of benzene rings is 3. The van der Waals surface area contributed by atoms with E-state index in [4.69, 9.17) is 4.55 Å². The molecule has 0 aliphatic carbocycles. The average Bonchev–Trinajstić information content (AvgIpc) is 2.93. The second-order valence-corrected chi connectivity index (χ2v) is 10.2. The standard InChI is InChI=1S/C22H14F6N4.C6H6O3S/c1-12-16(9-4-13-3-2-10-29-19(12)13)17-11-18(32-20(31-17)22(26,27)28)30-15-7-5-14(6-8-15)21(23,24)25;7-10(8,9)6-4-2-1-3-5-6/h2-11H,1H3,(H,30,31,32);1-5H,(H,7,8,9). The number of hydrogen-bond donors (Lipinski definition) is 2. The Kier molecular flexibility index (Phi) is 8.50. The fourth-order valence-electron chi connectivity index (χ4n) is 3.83. The van der Waals surface area contributed by atoms with Crippen molar-refractivity contribution in [2.24, 2.45) is 0 Å². The number of aromatic nitrogens is 3. The summed E-state index contributed by atoms with van der Waals surface area (Å²) in [6, 6.07) is 19.6. The minimum Gasteiger partial charge on any atom is -0.340 e. The van der Waals surface area contributed by atoms with Crippen LogP contribution in [-0.2, 0) is 22.5 Å². The van der Waals surface area contributed by atoms with Crippen molar-refractivity contribution in [3.63, 3.8) is 0 Å². The zero-order chi connectivity index (χ0) is 30.7. The zero-order valence-electron chi connectivity index (χ0n) is 21.4. The van der Waals surface area contributed by atoms with Crippen molar-refractivity contribution in [2.75, 3.05) is 5.32 Å². The van der Waals surface area contributed by atoms with Crippen LogP contribution in [0.15, 0.2) is 96.0 Å². The zero-order valence-corrected chi connectivity index (χ0v) is 22.3. The summed E-state index contributed by atoms with van der Waals surface area (Å²) >= 11 is 0. The Morgan fingerprint density at radius 1 is 0.786 bits per heavy atom. The highest BCUT2D eigenvalue weighted by atomic mass is 32.2. The lowest BCUT2D eigenvalue weighted by Crippen LogP contribution is -2.13. The van der Waals surface area contributed by atoms with Crippen LogP contribution >= 0.6 is 0 Å². The number of nitrogens with zero attached hydrogens (tertiary/aromatic N) is 3. The summed E-state index contributed by atoms with van der Waals surface area (Å²) in [5, 5.41) is 3.45. The summed E-state index contributed by atoms with van der Waals surface area (Å²) in [5.74, 6) is -1.58. The van der Waals surface area contributed by atoms with E-state index in [1.54, 1.807) is 49.5 Å². The normalized spacial score (nSPS) is 12.0. The second kappa shape index (κ2) is 11.7. The molecular weight excluding hydrogens is 586 g/mol. The molecule has 5 rings (SSSR count). The molecule has 0 aliphatic rings. The van der Waals surface area contributed by atoms with Gasteiger partial charge in [-0.05, 0) is 55.0 Å².